The lowest BCUT2D eigenvalue weighted by Gasteiger charge is -2.22. The average Bonchev–Trinajstić information content (AvgIpc) is 1.63. The number of amides is 4. The lowest BCUT2D eigenvalue weighted by Crippen LogP contribution is -2.37. The number of nitrogens with one attached hydrogen (secondary N) is 2. The number of anilines is 6. The Kier molecular flexibility index (Phi) is 38.4. The van der Waals surface area contributed by atoms with Crippen LogP contribution in [0.2, 0.25) is 30.1 Å². The Balaban J connectivity index is 0.000000157. The number of nitrogen functional groups attached to an aromatic ring is 1. The molecular weight excluding hydrogens is 2070 g/mol. The molecule has 18 rings (SSSR count). The number of imidazole rings is 2. The summed E-state index contributed by atoms with van der Waals surface area (Å²) in [6, 6.07) is 21.9. The third kappa shape index (κ3) is 26.0. The number of primary amides is 2. The first-order valence-electron chi connectivity index (χ1n) is 43.9. The van der Waals surface area contributed by atoms with E-state index < -0.39 is 28.2 Å². The summed E-state index contributed by atoms with van der Waals surface area (Å²) in [5.41, 5.74) is 25.3. The molecule has 33 nitrogen and oxygen atoms in total. The second kappa shape index (κ2) is 49.5. The highest BCUT2D eigenvalue weighted by Gasteiger charge is 2.40. The van der Waals surface area contributed by atoms with E-state index in [1.807, 2.05) is 46.2 Å². The van der Waals surface area contributed by atoms with Gasteiger partial charge in [0, 0.05) is 154 Å². The summed E-state index contributed by atoms with van der Waals surface area (Å²) in [5.74, 6) is 9.00. The maximum Gasteiger partial charge on any atom is 0.304 e. The second-order valence-electron chi connectivity index (χ2n) is 32.6. The van der Waals surface area contributed by atoms with Crippen molar-refractivity contribution in [3.63, 3.8) is 0 Å². The van der Waals surface area contributed by atoms with Gasteiger partial charge in [0.15, 0.2) is 5.69 Å². The Morgan fingerprint density at radius 3 is 1.38 bits per heavy atom. The first-order valence-corrected chi connectivity index (χ1v) is 48.5. The molecule has 4 atom stereocenters. The summed E-state index contributed by atoms with van der Waals surface area (Å²) < 4.78 is 33.2. The number of halogens is 10. The Hall–Kier alpha value is -10.8. The molecule has 8 N–H and O–H groups in total. The summed E-state index contributed by atoms with van der Waals surface area (Å²) in [6.07, 6.45) is 27.8. The number of hydrogen-bond donors (Lipinski definition) is 5. The van der Waals surface area contributed by atoms with Crippen LogP contribution in [0.25, 0.3) is 22.1 Å². The molecule has 722 valence electrons. The zero-order valence-corrected chi connectivity index (χ0v) is 84.4. The fraction of sp³-hybridized carbons (Fsp3) is 0.398. The molecule has 6 aromatic carbocycles. The van der Waals surface area contributed by atoms with E-state index in [-0.39, 0.29) is 84.7 Å². The van der Waals surface area contributed by atoms with Gasteiger partial charge in [0.1, 0.15) is 51.5 Å². The molecule has 0 unspecified atom stereocenters. The summed E-state index contributed by atoms with van der Waals surface area (Å²) in [5, 5.41) is 50.0. The molecule has 1 saturated carbocycles. The van der Waals surface area contributed by atoms with Gasteiger partial charge in [-0.3, -0.25) is 49.5 Å². The topological polar surface area (TPSA) is 406 Å². The Bertz CT molecular complexity index is 6210. The second-order valence-corrected chi connectivity index (χ2v) is 37.7. The lowest BCUT2D eigenvalue weighted by atomic mass is 10.1. The molecule has 8 aliphatic rings. The number of carbonyl (C=O) groups is 4. The normalized spacial score (nSPS) is 17.0. The van der Waals surface area contributed by atoms with Gasteiger partial charge in [0.2, 0.25) is 17.6 Å². The number of aromatic nitrogens is 8. The van der Waals surface area contributed by atoms with Crippen LogP contribution in [-0.4, -0.2) is 193 Å². The van der Waals surface area contributed by atoms with Gasteiger partial charge in [-0.15, -0.1) is 6.42 Å². The van der Waals surface area contributed by atoms with E-state index in [1.165, 1.54) is 87.5 Å². The molecule has 136 heavy (non-hydrogen) atoms. The molecule has 6 fully saturated rings. The number of methoxy groups -OCH3 is 2. The number of nitrogens with two attached hydrogens (primary N) is 3. The SMILES string of the molecule is C#Cc1nn([C@H]2C[C@H](COC)N(C(=O)C=C)C2)c(NC)c1C(N)=O.C1CCCC1.C=CC(=O)N1C[C@@H](n2nc(C#Cc3cc4nc5n(c4cc3Cl)CCC5)c(C(N)=O)c2NC)C[C@@H]1COC.Clc1cc2c(cc1Br)nc1n2CCC1.Nc1cc(Br)c(Cl)cc1N1CCCC1.O=[N+]([O-])c1cc(Br)c(Cl)cc1N1CCCC1.O=[N+]([O-])c1ccc(Cl)cc1F.O=[N+]([O-])c1ccc(Cl)cc1N1CCCC1. The van der Waals surface area contributed by atoms with Gasteiger partial charge in [-0.2, -0.15) is 14.6 Å². The number of hydrogen-bond acceptors (Lipinski definition) is 22. The first kappa shape index (κ1) is 106. The third-order valence-electron chi connectivity index (χ3n) is 23.8. The van der Waals surface area contributed by atoms with E-state index in [0.717, 1.165) is 168 Å². The average molecular weight is 2180 g/mol. The summed E-state index contributed by atoms with van der Waals surface area (Å²) in [6.45, 7) is 16.4. The molecule has 11 heterocycles. The van der Waals surface area contributed by atoms with E-state index in [4.69, 9.17) is 108 Å². The van der Waals surface area contributed by atoms with E-state index in [1.54, 1.807) is 65.7 Å². The summed E-state index contributed by atoms with van der Waals surface area (Å²) >= 11 is 45.8. The number of nitrogens with zero attached hydrogens (tertiary/aromatic N) is 16. The van der Waals surface area contributed by atoms with Crippen LogP contribution >= 0.6 is 117 Å². The summed E-state index contributed by atoms with van der Waals surface area (Å²) in [7, 11) is 6.52. The van der Waals surface area contributed by atoms with Gasteiger partial charge in [0.05, 0.1) is 106 Å². The molecule has 43 heteroatoms. The van der Waals surface area contributed by atoms with Crippen LogP contribution in [0.15, 0.2) is 124 Å². The monoisotopic (exact) mass is 2170 g/mol. The molecule has 0 radical (unpaired) electrons. The smallest absolute Gasteiger partial charge is 0.304 e. The van der Waals surface area contributed by atoms with Crippen molar-refractivity contribution in [3.8, 4) is 24.2 Å². The highest BCUT2D eigenvalue weighted by atomic mass is 79.9. The van der Waals surface area contributed by atoms with Gasteiger partial charge in [-0.05, 0) is 203 Å². The number of carbonyl (C=O) groups excluding carboxylic acids is 4. The number of terminal acetylenes is 1. The van der Waals surface area contributed by atoms with E-state index in [2.05, 4.69) is 119 Å². The molecule has 4 amide bonds. The van der Waals surface area contributed by atoms with Crippen molar-refractivity contribution in [2.45, 2.75) is 146 Å². The van der Waals surface area contributed by atoms with Crippen molar-refractivity contribution in [2.75, 3.05) is 125 Å². The van der Waals surface area contributed by atoms with Crippen LogP contribution in [0.5, 0.6) is 0 Å². The molecule has 4 aromatic heterocycles. The fourth-order valence-corrected chi connectivity index (χ4v) is 19.5. The number of benzene rings is 6. The number of aryl methyl sites for hydroxylation is 4. The molecule has 5 saturated heterocycles. The van der Waals surface area contributed by atoms with Crippen molar-refractivity contribution in [1.82, 2.24) is 48.5 Å². The number of rotatable bonds is 18. The highest BCUT2D eigenvalue weighted by Crippen LogP contribution is 2.42. The van der Waals surface area contributed by atoms with Crippen LogP contribution in [0, 0.1) is 60.3 Å². The van der Waals surface area contributed by atoms with Crippen molar-refractivity contribution >= 4 is 215 Å². The number of likely N-dealkylation sites (tertiary alicyclic amines) is 2. The minimum Gasteiger partial charge on any atom is -0.397 e. The first-order chi connectivity index (χ1) is 65.1. The van der Waals surface area contributed by atoms with Gasteiger partial charge in [-0.25, -0.2) is 19.3 Å². The highest BCUT2D eigenvalue weighted by molar-refractivity contribution is 9.11. The van der Waals surface area contributed by atoms with Crippen LogP contribution in [-0.2, 0) is 45.0 Å². The number of ether oxygens (including phenoxy) is 2. The molecular formula is C93H103Br3Cl6FN21O12. The predicted octanol–water partition coefficient (Wildman–Crippen LogP) is 19.8. The minimum atomic E-state index is -0.914. The number of nitro benzene ring substituents is 3. The standard InChI is InChI=1S/C26H28ClN7O3.C16H21N5O3.C10H10BrClN2O2.C10H8BrClN2.C10H12BrClN2.C10H11ClN2O2.C6H3ClFNO2.C5H10/c1-4-23(35)33-13-16(11-17(33)14-37-3)34-26(29-2)24(25(28)36)19(31-34)8-7-15-10-20-21(12-18(15)27)32-9-5-6-22(32)30-20;1-5-12-14(15(17)23)16(18-3)21(19-12)10-7-11(9-24-4)20(8-10)13(22)6-2;11-7-5-10(14(15)16)9(6-8(7)12)13-3-1-2-4-13;11-6-4-8-9(5-7(6)12)14-3-1-2-10(14)13-8;11-7-5-9(13)10(6-8(7)12)14-3-1-2-4-14;11-8-3-4-9(13(14)15)10(7-8)12-5-1-2-6-12;7-4-1-2-6(9(10)11)5(8)3-4;1-2-4-5-3-1/h4,10,12,16-17,29H,1,5-6,9,11,13-14H2,2-3H3,(H2,28,36);1,6,10-11,18H,2,7-9H2,3-4H3,(H2,17,23);5-6H,1-4H2;4-5H,1-3H2;5-6H,1-4,13H2;3-4,7H,1-2,5-6H2;1-3H;1-5H2/t16-,17+;10-,11+;;;;;;/m00....../s1. The van der Waals surface area contributed by atoms with Crippen LogP contribution < -0.4 is 42.5 Å². The zero-order valence-electron chi connectivity index (χ0n) is 75.1. The van der Waals surface area contributed by atoms with E-state index >= 15 is 0 Å². The van der Waals surface area contributed by atoms with E-state index in [9.17, 15) is 53.9 Å². The number of nitro groups is 3. The lowest BCUT2D eigenvalue weighted by molar-refractivity contribution is -0.387. The van der Waals surface area contributed by atoms with Crippen LogP contribution in [0.4, 0.5) is 55.8 Å². The van der Waals surface area contributed by atoms with Gasteiger partial charge in [0.25, 0.3) is 23.2 Å². The fourth-order valence-electron chi connectivity index (χ4n) is 17.4. The van der Waals surface area contributed by atoms with Crippen molar-refractivity contribution < 1.29 is 47.8 Å². The zero-order chi connectivity index (χ0) is 98.5. The van der Waals surface area contributed by atoms with Gasteiger partial charge < -0.3 is 70.9 Å². The van der Waals surface area contributed by atoms with Crippen molar-refractivity contribution in [2.24, 2.45) is 11.5 Å². The Morgan fingerprint density at radius 1 is 0.529 bits per heavy atom. The molecule has 1 aliphatic carbocycles. The van der Waals surface area contributed by atoms with Gasteiger partial charge >= 0.3 is 5.69 Å². The third-order valence-corrected chi connectivity index (χ3v) is 28.2. The Morgan fingerprint density at radius 2 is 0.934 bits per heavy atom. The largest absolute Gasteiger partial charge is 0.397 e. The van der Waals surface area contributed by atoms with Crippen LogP contribution in [0.3, 0.4) is 0 Å². The van der Waals surface area contributed by atoms with Crippen molar-refractivity contribution in [3.05, 3.63) is 230 Å². The van der Waals surface area contributed by atoms with Crippen LogP contribution in [0.1, 0.15) is 158 Å². The minimum absolute atomic E-state index is 0.106. The quantitative estimate of drug-likeness (QED) is 0.0175. The molecule has 0 spiro atoms. The molecule has 0 bridgehead atoms. The molecule has 10 aromatic rings. The Labute approximate surface area is 841 Å². The summed E-state index contributed by atoms with van der Waals surface area (Å²) in [4.78, 5) is 98.0. The van der Waals surface area contributed by atoms with Crippen molar-refractivity contribution in [1.29, 1.82) is 0 Å². The predicted molar refractivity (Wildman–Crippen MR) is 544 cm³/mol. The maximum absolute atomic E-state index is 12.6. The maximum atomic E-state index is 12.6. The van der Waals surface area contributed by atoms with Gasteiger partial charge in [-0.1, -0.05) is 121 Å². The number of fused-ring (bicyclic) bond motifs is 6. The molecule has 7 aliphatic heterocycles. The van der Waals surface area contributed by atoms with E-state index in [0.29, 0.717) is 87.3 Å².